The van der Waals surface area contributed by atoms with Gasteiger partial charge in [-0.25, -0.2) is 0 Å². The summed E-state index contributed by atoms with van der Waals surface area (Å²) < 4.78 is 55.2. The van der Waals surface area contributed by atoms with Gasteiger partial charge in [-0.3, -0.25) is 0 Å². The zero-order chi connectivity index (χ0) is 45.1. The van der Waals surface area contributed by atoms with E-state index in [1.807, 2.05) is 51.4 Å². The molecule has 0 saturated heterocycles. The summed E-state index contributed by atoms with van der Waals surface area (Å²) in [5.74, 6) is 0.858. The molecule has 14 nitrogen and oxygen atoms in total. The van der Waals surface area contributed by atoms with Crippen molar-refractivity contribution in [3.05, 3.63) is 29.8 Å². The zero-order valence-corrected chi connectivity index (χ0v) is 46.4. The van der Waals surface area contributed by atoms with E-state index < -0.39 is 25.2 Å². The normalized spacial score (nSPS) is 12.1. The van der Waals surface area contributed by atoms with E-state index in [-0.39, 0.29) is 70.6 Å². The molecule has 0 aromatic heterocycles. The van der Waals surface area contributed by atoms with Crippen molar-refractivity contribution in [2.45, 2.75) is 105 Å². The van der Waals surface area contributed by atoms with Crippen LogP contribution in [0.2, 0.25) is 51.9 Å². The van der Waals surface area contributed by atoms with E-state index in [4.69, 9.17) is 57.0 Å². The molecular weight excluding hydrogens is 863 g/mol. The summed E-state index contributed by atoms with van der Waals surface area (Å²) in [4.78, 5) is 36.0. The second-order valence-corrected chi connectivity index (χ2v) is 29.8. The van der Waals surface area contributed by atoms with E-state index in [1.54, 1.807) is 0 Å². The summed E-state index contributed by atoms with van der Waals surface area (Å²) in [6.45, 7) is 33.7. The SMILES string of the molecule is CC(C)(C)CC(C)(C)c1ccc(OCCOCCOCCOCCOCCOCCOCCOCCOCCOCCC[Si](C)(O)O)cc1.C[Si](C)(C)O.C[Si](C)(C)O.[BH4-].[K+]. The molecule has 0 saturated carbocycles. The average molecular weight is 955 g/mol. The van der Waals surface area contributed by atoms with Crippen LogP contribution >= 0.6 is 0 Å². The maximum absolute atomic E-state index is 9.33. The van der Waals surface area contributed by atoms with Gasteiger partial charge in [-0.1, -0.05) is 55.2 Å². The average Bonchev–Trinajstić information content (AvgIpc) is 3.08. The molecule has 0 bridgehead atoms. The third-order valence-corrected chi connectivity index (χ3v) is 8.32. The molecule has 19 heteroatoms. The largest absolute Gasteiger partial charge is 1.00 e. The fourth-order valence-corrected chi connectivity index (χ4v) is 5.83. The van der Waals surface area contributed by atoms with Crippen molar-refractivity contribution < 1.29 is 118 Å². The molecule has 1 aromatic rings. The van der Waals surface area contributed by atoms with E-state index in [1.165, 1.54) is 12.1 Å². The van der Waals surface area contributed by atoms with Gasteiger partial charge in [-0.05, 0) is 93.2 Å². The van der Waals surface area contributed by atoms with Crippen LogP contribution in [0.1, 0.15) is 53.0 Å². The van der Waals surface area contributed by atoms with E-state index in [0.717, 1.165) is 12.2 Å². The van der Waals surface area contributed by atoms with Crippen molar-refractivity contribution in [2.75, 3.05) is 126 Å². The Labute approximate surface area is 419 Å². The van der Waals surface area contributed by atoms with Crippen LogP contribution in [0.15, 0.2) is 24.3 Å². The van der Waals surface area contributed by atoms with Gasteiger partial charge in [0.15, 0.2) is 16.6 Å². The van der Waals surface area contributed by atoms with Crippen molar-refractivity contribution >= 4 is 33.6 Å². The monoisotopic (exact) mass is 955 g/mol. The van der Waals surface area contributed by atoms with Crippen LogP contribution < -0.4 is 56.1 Å². The number of rotatable bonds is 34. The Hall–Kier alpha value is 0.852. The number of ether oxygens (including phenoxy) is 10. The van der Waals surface area contributed by atoms with Crippen molar-refractivity contribution in [1.82, 2.24) is 0 Å². The molecular formula is C42H92BKO14Si3. The molecule has 0 aliphatic rings. The first-order chi connectivity index (χ1) is 27.4. The fraction of sp³-hybridized carbons (Fsp3) is 0.857. The molecule has 0 fully saturated rings. The van der Waals surface area contributed by atoms with Gasteiger partial charge in [0.05, 0.1) is 112 Å². The van der Waals surface area contributed by atoms with Crippen LogP contribution in [0.25, 0.3) is 0 Å². The zero-order valence-electron chi connectivity index (χ0n) is 40.2. The van der Waals surface area contributed by atoms with Crippen molar-refractivity contribution in [3.8, 4) is 5.75 Å². The molecule has 61 heavy (non-hydrogen) atoms. The first-order valence-corrected chi connectivity index (χ1v) is 30.7. The summed E-state index contributed by atoms with van der Waals surface area (Å²) >= 11 is 0. The molecule has 1 rings (SSSR count). The van der Waals surface area contributed by atoms with Gasteiger partial charge in [-0.15, -0.1) is 0 Å². The molecule has 0 atom stereocenters. The van der Waals surface area contributed by atoms with Crippen LogP contribution in [0.4, 0.5) is 0 Å². The quantitative estimate of drug-likeness (QED) is 0.0580. The van der Waals surface area contributed by atoms with Crippen LogP contribution in [-0.2, 0) is 48.0 Å². The Kier molecular flexibility index (Phi) is 46.1. The molecule has 4 N–H and O–H groups in total. The molecule has 0 unspecified atom stereocenters. The van der Waals surface area contributed by atoms with E-state index in [9.17, 15) is 9.59 Å². The minimum Gasteiger partial charge on any atom is -0.491 e. The Morgan fingerprint density at radius 1 is 0.426 bits per heavy atom. The summed E-state index contributed by atoms with van der Waals surface area (Å²) in [6, 6.07) is 8.83. The predicted octanol–water partition coefficient (Wildman–Crippen LogP) is 1.55. The van der Waals surface area contributed by atoms with Crippen molar-refractivity contribution in [1.29, 1.82) is 0 Å². The molecule has 360 valence electrons. The number of hydrogen-bond acceptors (Lipinski definition) is 14. The summed E-state index contributed by atoms with van der Waals surface area (Å²) in [5, 5.41) is 0. The first kappa shape index (κ1) is 68.4. The molecule has 1 aromatic carbocycles. The topological polar surface area (TPSA) is 173 Å². The maximum Gasteiger partial charge on any atom is 1.00 e. The minimum atomic E-state index is -2.95. The number of benzene rings is 1. The molecule has 0 amide bonds. The van der Waals surface area contributed by atoms with Crippen molar-refractivity contribution in [3.63, 3.8) is 0 Å². The minimum absolute atomic E-state index is 0. The van der Waals surface area contributed by atoms with Gasteiger partial charge in [-0.2, -0.15) is 0 Å². The van der Waals surface area contributed by atoms with Gasteiger partial charge < -0.3 is 66.6 Å². The molecule has 0 aliphatic carbocycles. The third kappa shape index (κ3) is 63.0. The van der Waals surface area contributed by atoms with Crippen LogP contribution in [-0.4, -0.2) is 178 Å². The molecule has 0 radical (unpaired) electrons. The van der Waals surface area contributed by atoms with Crippen molar-refractivity contribution in [2.24, 2.45) is 5.41 Å². The molecule has 0 heterocycles. The predicted molar refractivity (Wildman–Crippen MR) is 254 cm³/mol. The van der Waals surface area contributed by atoms with Gasteiger partial charge in [0, 0.05) is 6.61 Å². The Bertz CT molecular complexity index is 1050. The van der Waals surface area contributed by atoms with Crippen LogP contribution in [0.3, 0.4) is 0 Å². The van der Waals surface area contributed by atoms with Gasteiger partial charge >= 0.3 is 59.9 Å². The van der Waals surface area contributed by atoms with Crippen LogP contribution in [0.5, 0.6) is 5.75 Å². The molecule has 0 aliphatic heterocycles. The summed E-state index contributed by atoms with van der Waals surface area (Å²) in [5.41, 5.74) is 1.73. The van der Waals surface area contributed by atoms with Gasteiger partial charge in [0.1, 0.15) is 12.4 Å². The Morgan fingerprint density at radius 3 is 0.918 bits per heavy atom. The second kappa shape index (κ2) is 41.1. The first-order valence-electron chi connectivity index (χ1n) is 21.2. The standard InChI is InChI=1S/C36H68O12Si.2C3H10OSi.BH4.K/c1-35(2,3)32-36(4,5)33-8-10-34(11-9-33)48-30-29-47-28-27-46-26-25-45-24-23-44-22-21-43-20-19-42-18-17-41-16-15-40-14-13-39-12-7-31-49(6,37)38;2*1-5(2,3)4;;/h8-11,37-38H,7,12-32H2,1-6H3;2*4H,1-3H3;1H4;/q;;;-1;+1. The Morgan fingerprint density at radius 2 is 0.672 bits per heavy atom. The molecule has 0 spiro atoms. The summed E-state index contributed by atoms with van der Waals surface area (Å²) in [7, 11) is -6.17. The van der Waals surface area contributed by atoms with E-state index in [2.05, 4.69) is 46.8 Å². The van der Waals surface area contributed by atoms with Gasteiger partial charge in [0.2, 0.25) is 0 Å². The van der Waals surface area contributed by atoms with Gasteiger partial charge in [0.25, 0.3) is 0 Å². The second-order valence-electron chi connectivity index (χ2n) is 18.2. The van der Waals surface area contributed by atoms with E-state index >= 15 is 0 Å². The fourth-order valence-electron chi connectivity index (χ4n) is 5.02. The van der Waals surface area contributed by atoms with E-state index in [0.29, 0.717) is 138 Å². The van der Waals surface area contributed by atoms with Crippen LogP contribution in [0, 0.1) is 5.41 Å². The maximum atomic E-state index is 9.33. The Balaban J connectivity index is -0.00000120. The summed E-state index contributed by atoms with van der Waals surface area (Å²) in [6.07, 6.45) is 1.76. The number of hydrogen-bond donors (Lipinski definition) is 4. The smallest absolute Gasteiger partial charge is 0.491 e. The third-order valence-electron chi connectivity index (χ3n) is 7.02.